The summed E-state index contributed by atoms with van der Waals surface area (Å²) in [5.41, 5.74) is -1.90. The molecule has 1 unspecified atom stereocenters. The molecule has 1 aromatic carbocycles. The number of hydrogen-bond donors (Lipinski definition) is 1. The first-order valence-electron chi connectivity index (χ1n) is 5.96. The van der Waals surface area contributed by atoms with E-state index < -0.39 is 39.3 Å². The zero-order valence-corrected chi connectivity index (χ0v) is 11.4. The first-order valence-corrected chi connectivity index (χ1v) is 7.79. The molecule has 0 saturated carbocycles. The van der Waals surface area contributed by atoms with Crippen LogP contribution in [0.5, 0.6) is 0 Å². The number of sulfone groups is 1. The first kappa shape index (κ1) is 15.7. The van der Waals surface area contributed by atoms with Gasteiger partial charge in [0.25, 0.3) is 5.91 Å². The van der Waals surface area contributed by atoms with Crippen LogP contribution in [0.1, 0.15) is 22.3 Å². The quantitative estimate of drug-likeness (QED) is 0.843. The number of rotatable bonds is 2. The van der Waals surface area contributed by atoms with Gasteiger partial charge >= 0.3 is 6.18 Å². The molecule has 2 rings (SSSR count). The Hall–Kier alpha value is -1.64. The summed E-state index contributed by atoms with van der Waals surface area (Å²) in [5.74, 6) is -2.65. The molecular formula is C12H11F4NO3S. The molecule has 4 nitrogen and oxygen atoms in total. The van der Waals surface area contributed by atoms with Crippen molar-refractivity contribution in [3.8, 4) is 0 Å². The smallest absolute Gasteiger partial charge is 0.348 e. The summed E-state index contributed by atoms with van der Waals surface area (Å²) in [6.07, 6.45) is -4.70. The van der Waals surface area contributed by atoms with Gasteiger partial charge in [-0.25, -0.2) is 12.8 Å². The monoisotopic (exact) mass is 325 g/mol. The van der Waals surface area contributed by atoms with E-state index in [4.69, 9.17) is 0 Å². The predicted molar refractivity (Wildman–Crippen MR) is 65.9 cm³/mol. The van der Waals surface area contributed by atoms with Gasteiger partial charge in [-0.3, -0.25) is 4.79 Å². The van der Waals surface area contributed by atoms with Gasteiger partial charge < -0.3 is 5.32 Å². The number of nitrogens with one attached hydrogen (secondary N) is 1. The number of amides is 1. The molecule has 0 aromatic heterocycles. The number of alkyl halides is 3. The van der Waals surface area contributed by atoms with Crippen LogP contribution >= 0.6 is 0 Å². The van der Waals surface area contributed by atoms with Gasteiger partial charge in [-0.05, 0) is 24.6 Å². The molecule has 1 fully saturated rings. The van der Waals surface area contributed by atoms with Gasteiger partial charge in [0.15, 0.2) is 9.84 Å². The summed E-state index contributed by atoms with van der Waals surface area (Å²) in [4.78, 5) is 11.8. The molecule has 1 amide bonds. The lowest BCUT2D eigenvalue weighted by molar-refractivity contribution is -0.140. The van der Waals surface area contributed by atoms with Gasteiger partial charge in [0.2, 0.25) is 0 Å². The lowest BCUT2D eigenvalue weighted by Crippen LogP contribution is -2.35. The Morgan fingerprint density at radius 3 is 2.48 bits per heavy atom. The lowest BCUT2D eigenvalue weighted by atomic mass is 10.1. The molecule has 1 aromatic rings. The van der Waals surface area contributed by atoms with Crippen LogP contribution < -0.4 is 5.32 Å². The van der Waals surface area contributed by atoms with Crippen molar-refractivity contribution < 1.29 is 30.8 Å². The van der Waals surface area contributed by atoms with Gasteiger partial charge in [0.05, 0.1) is 17.1 Å². The van der Waals surface area contributed by atoms with Crippen molar-refractivity contribution in [2.24, 2.45) is 0 Å². The average Bonchev–Trinajstić information content (AvgIpc) is 2.67. The molecule has 0 aliphatic carbocycles. The standard InChI is InChI=1S/C12H11F4NO3S/c13-10-2-1-7(5-9(10)12(14,15)16)11(18)17-8-3-4-21(19,20)6-8/h1-2,5,8H,3-4,6H2,(H,17,18). The second kappa shape index (κ2) is 5.28. The number of carbonyl (C=O) groups is 1. The fourth-order valence-electron chi connectivity index (χ4n) is 2.06. The fraction of sp³-hybridized carbons (Fsp3) is 0.417. The molecule has 0 bridgehead atoms. The van der Waals surface area contributed by atoms with Crippen molar-refractivity contribution in [1.82, 2.24) is 5.32 Å². The van der Waals surface area contributed by atoms with Gasteiger partial charge in [0.1, 0.15) is 5.82 Å². The maximum atomic E-state index is 13.1. The molecule has 1 heterocycles. The van der Waals surface area contributed by atoms with E-state index in [0.29, 0.717) is 12.1 Å². The summed E-state index contributed by atoms with van der Waals surface area (Å²) in [7, 11) is -3.22. The van der Waals surface area contributed by atoms with Crippen LogP contribution in [-0.2, 0) is 16.0 Å². The first-order chi connectivity index (χ1) is 9.58. The van der Waals surface area contributed by atoms with Crippen molar-refractivity contribution in [2.75, 3.05) is 11.5 Å². The van der Waals surface area contributed by atoms with Crippen molar-refractivity contribution in [1.29, 1.82) is 0 Å². The molecule has 116 valence electrons. The fourth-order valence-corrected chi connectivity index (χ4v) is 3.73. The minimum absolute atomic E-state index is 0.0742. The lowest BCUT2D eigenvalue weighted by Gasteiger charge is -2.13. The summed E-state index contributed by atoms with van der Waals surface area (Å²) >= 11 is 0. The molecule has 1 aliphatic rings. The number of hydrogen-bond acceptors (Lipinski definition) is 3. The zero-order chi connectivity index (χ0) is 15.8. The van der Waals surface area contributed by atoms with E-state index in [0.717, 1.165) is 6.07 Å². The number of carbonyl (C=O) groups excluding carboxylic acids is 1. The highest BCUT2D eigenvalue weighted by Gasteiger charge is 2.35. The van der Waals surface area contributed by atoms with Crippen LogP contribution in [0.3, 0.4) is 0 Å². The molecule has 1 saturated heterocycles. The molecule has 0 spiro atoms. The maximum absolute atomic E-state index is 13.1. The van der Waals surface area contributed by atoms with Crippen LogP contribution in [0.15, 0.2) is 18.2 Å². The maximum Gasteiger partial charge on any atom is 0.419 e. The summed E-state index contributed by atoms with van der Waals surface area (Å²) in [5, 5.41) is 2.34. The van der Waals surface area contributed by atoms with Crippen molar-refractivity contribution in [2.45, 2.75) is 18.6 Å². The van der Waals surface area contributed by atoms with Crippen molar-refractivity contribution in [3.63, 3.8) is 0 Å². The van der Waals surface area contributed by atoms with Crippen molar-refractivity contribution in [3.05, 3.63) is 35.1 Å². The zero-order valence-electron chi connectivity index (χ0n) is 10.6. The highest BCUT2D eigenvalue weighted by molar-refractivity contribution is 7.91. The molecule has 1 N–H and O–H groups in total. The largest absolute Gasteiger partial charge is 0.419 e. The van der Waals surface area contributed by atoms with Crippen LogP contribution in [0.25, 0.3) is 0 Å². The Balaban J connectivity index is 2.17. The van der Waals surface area contributed by atoms with E-state index >= 15 is 0 Å². The Bertz CT molecular complexity index is 670. The van der Waals surface area contributed by atoms with E-state index in [9.17, 15) is 30.8 Å². The number of benzene rings is 1. The summed E-state index contributed by atoms with van der Waals surface area (Å²) in [6.45, 7) is 0. The van der Waals surface area contributed by atoms with E-state index in [1.807, 2.05) is 0 Å². The average molecular weight is 325 g/mol. The molecule has 1 aliphatic heterocycles. The Labute approximate surface area is 118 Å². The van der Waals surface area contributed by atoms with Gasteiger partial charge in [-0.1, -0.05) is 0 Å². The van der Waals surface area contributed by atoms with Gasteiger partial charge in [0, 0.05) is 11.6 Å². The van der Waals surface area contributed by atoms with E-state index in [-0.39, 0.29) is 23.5 Å². The normalized spacial score (nSPS) is 21.2. The van der Waals surface area contributed by atoms with Gasteiger partial charge in [-0.2, -0.15) is 13.2 Å². The van der Waals surface area contributed by atoms with E-state index in [2.05, 4.69) is 5.32 Å². The topological polar surface area (TPSA) is 63.2 Å². The Morgan fingerprint density at radius 1 is 1.29 bits per heavy atom. The summed E-state index contributed by atoms with van der Waals surface area (Å²) in [6, 6.07) is 1.25. The Kier molecular flexibility index (Phi) is 3.96. The third-order valence-corrected chi connectivity index (χ3v) is 4.87. The summed E-state index contributed by atoms with van der Waals surface area (Å²) < 4.78 is 73.2. The minimum atomic E-state index is -4.91. The van der Waals surface area contributed by atoms with Gasteiger partial charge in [-0.15, -0.1) is 0 Å². The third kappa shape index (κ3) is 3.72. The van der Waals surface area contributed by atoms with Crippen molar-refractivity contribution >= 4 is 15.7 Å². The number of halogens is 4. The highest BCUT2D eigenvalue weighted by Crippen LogP contribution is 2.31. The Morgan fingerprint density at radius 2 is 1.95 bits per heavy atom. The van der Waals surface area contributed by atoms with Crippen LogP contribution in [0, 0.1) is 5.82 Å². The second-order valence-electron chi connectivity index (χ2n) is 4.77. The second-order valence-corrected chi connectivity index (χ2v) is 6.99. The molecule has 1 atom stereocenters. The highest BCUT2D eigenvalue weighted by atomic mass is 32.2. The SMILES string of the molecule is O=C(NC1CCS(=O)(=O)C1)c1ccc(F)c(C(F)(F)F)c1. The molecule has 0 radical (unpaired) electrons. The van der Waals surface area contributed by atoms with Crippen LogP contribution in [0.2, 0.25) is 0 Å². The molecular weight excluding hydrogens is 314 g/mol. The van der Waals surface area contributed by atoms with E-state index in [1.54, 1.807) is 0 Å². The van der Waals surface area contributed by atoms with Crippen LogP contribution in [0.4, 0.5) is 17.6 Å². The third-order valence-electron chi connectivity index (χ3n) is 3.10. The minimum Gasteiger partial charge on any atom is -0.348 e. The predicted octanol–water partition coefficient (Wildman–Crippen LogP) is 1.76. The van der Waals surface area contributed by atoms with E-state index in [1.165, 1.54) is 0 Å². The van der Waals surface area contributed by atoms with Crippen LogP contribution in [-0.4, -0.2) is 31.9 Å². The molecule has 9 heteroatoms. The molecule has 21 heavy (non-hydrogen) atoms.